The summed E-state index contributed by atoms with van der Waals surface area (Å²) in [6.07, 6.45) is 1.43. The van der Waals surface area contributed by atoms with Crippen molar-refractivity contribution in [3.63, 3.8) is 0 Å². The summed E-state index contributed by atoms with van der Waals surface area (Å²) in [6, 6.07) is 7.14. The van der Waals surface area contributed by atoms with Crippen LogP contribution in [-0.4, -0.2) is 9.97 Å². The molecular weight excluding hydrogens is 314 g/mol. The molecule has 2 rings (SSSR count). The zero-order valence-electron chi connectivity index (χ0n) is 9.13. The lowest BCUT2D eigenvalue weighted by Crippen LogP contribution is -1.96. The molecule has 0 saturated carbocycles. The highest BCUT2D eigenvalue weighted by atomic mass is 35.5. The van der Waals surface area contributed by atoms with Crippen molar-refractivity contribution in [2.75, 3.05) is 0 Å². The average Bonchev–Trinajstić information content (AvgIpc) is 2.30. The van der Waals surface area contributed by atoms with Crippen molar-refractivity contribution < 1.29 is 0 Å². The predicted molar refractivity (Wildman–Crippen MR) is 75.9 cm³/mol. The lowest BCUT2D eigenvalue weighted by molar-refractivity contribution is 0.941. The molecule has 0 saturated heterocycles. The Balaban J connectivity index is 2.11. The Kier molecular flexibility index (Phi) is 4.68. The van der Waals surface area contributed by atoms with Crippen molar-refractivity contribution >= 4 is 46.4 Å². The zero-order chi connectivity index (χ0) is 13.1. The van der Waals surface area contributed by atoms with E-state index in [0.717, 1.165) is 11.1 Å². The smallest absolute Gasteiger partial charge is 0.134 e. The van der Waals surface area contributed by atoms with Gasteiger partial charge in [-0.2, -0.15) is 0 Å². The minimum atomic E-state index is 0.384. The van der Waals surface area contributed by atoms with Gasteiger partial charge in [0.1, 0.15) is 20.6 Å². The molecule has 2 aromatic heterocycles. The molecule has 0 spiro atoms. The third kappa shape index (κ3) is 3.48. The minimum absolute atomic E-state index is 0.384. The van der Waals surface area contributed by atoms with E-state index >= 15 is 0 Å². The molecule has 6 heteroatoms. The number of nitrogens with zero attached hydrogens (tertiary/aromatic N) is 2. The largest absolute Gasteiger partial charge is 0.224 e. The Morgan fingerprint density at radius 2 is 1.06 bits per heavy atom. The molecule has 0 fully saturated rings. The maximum Gasteiger partial charge on any atom is 0.134 e. The molecule has 0 radical (unpaired) electrons. The van der Waals surface area contributed by atoms with Gasteiger partial charge in [0.25, 0.3) is 0 Å². The first-order valence-electron chi connectivity index (χ1n) is 5.18. The first-order valence-corrected chi connectivity index (χ1v) is 6.69. The van der Waals surface area contributed by atoms with Crippen LogP contribution in [0.1, 0.15) is 11.1 Å². The maximum atomic E-state index is 6.00. The molecule has 2 aromatic rings. The normalized spacial score (nSPS) is 10.7. The molecule has 0 aliphatic carbocycles. The fourth-order valence-corrected chi connectivity index (χ4v) is 2.40. The number of aromatic nitrogens is 2. The van der Waals surface area contributed by atoms with Crippen LogP contribution in [0.25, 0.3) is 0 Å². The van der Waals surface area contributed by atoms with Crippen molar-refractivity contribution in [3.8, 4) is 0 Å². The molecule has 0 atom stereocenters. The van der Waals surface area contributed by atoms with Crippen molar-refractivity contribution in [3.05, 3.63) is 56.0 Å². The van der Waals surface area contributed by atoms with Crippen molar-refractivity contribution in [1.82, 2.24) is 9.97 Å². The highest BCUT2D eigenvalue weighted by Crippen LogP contribution is 2.21. The van der Waals surface area contributed by atoms with Gasteiger partial charge in [-0.1, -0.05) is 58.5 Å². The van der Waals surface area contributed by atoms with Gasteiger partial charge in [0.2, 0.25) is 0 Å². The number of aryl methyl sites for hydroxylation is 2. The minimum Gasteiger partial charge on any atom is -0.224 e. The molecule has 2 heterocycles. The van der Waals surface area contributed by atoms with E-state index in [0.29, 0.717) is 33.5 Å². The fraction of sp³-hybridized carbons (Fsp3) is 0.167. The molecule has 0 N–H and O–H groups in total. The second-order valence-corrected chi connectivity index (χ2v) is 5.16. The summed E-state index contributed by atoms with van der Waals surface area (Å²) in [7, 11) is 0. The Bertz CT molecular complexity index is 520. The van der Waals surface area contributed by atoms with E-state index in [-0.39, 0.29) is 0 Å². The van der Waals surface area contributed by atoms with Gasteiger partial charge in [0.05, 0.1) is 0 Å². The van der Waals surface area contributed by atoms with E-state index in [1.807, 2.05) is 12.1 Å². The highest BCUT2D eigenvalue weighted by molar-refractivity contribution is 6.33. The van der Waals surface area contributed by atoms with Gasteiger partial charge in [-0.25, -0.2) is 9.97 Å². The number of hydrogen-bond acceptors (Lipinski definition) is 2. The Labute approximate surface area is 125 Å². The molecule has 0 aliphatic heterocycles. The van der Waals surface area contributed by atoms with Crippen LogP contribution in [0.5, 0.6) is 0 Å². The van der Waals surface area contributed by atoms with Gasteiger partial charge >= 0.3 is 0 Å². The van der Waals surface area contributed by atoms with Gasteiger partial charge in [-0.05, 0) is 36.1 Å². The van der Waals surface area contributed by atoms with E-state index in [1.54, 1.807) is 12.1 Å². The van der Waals surface area contributed by atoms with Gasteiger partial charge < -0.3 is 0 Å². The Hall–Kier alpha value is -0.540. The standard InChI is InChI=1S/C12H8Cl4N2/c13-9-5-3-7(11(15)17-9)1-2-8-4-6-10(14)18-12(8)16/h3-6H,1-2H2. The molecular formula is C12H8Cl4N2. The van der Waals surface area contributed by atoms with Crippen molar-refractivity contribution in [2.45, 2.75) is 12.8 Å². The van der Waals surface area contributed by atoms with E-state index in [1.165, 1.54) is 0 Å². The molecule has 2 nitrogen and oxygen atoms in total. The lowest BCUT2D eigenvalue weighted by Gasteiger charge is -2.05. The SMILES string of the molecule is Clc1ccc(CCc2ccc(Cl)nc2Cl)c(Cl)n1. The van der Waals surface area contributed by atoms with Crippen LogP contribution in [0.15, 0.2) is 24.3 Å². The molecule has 0 aliphatic rings. The summed E-state index contributed by atoms with van der Waals surface area (Å²) in [5, 5.41) is 1.60. The second kappa shape index (κ2) is 6.07. The van der Waals surface area contributed by atoms with E-state index in [2.05, 4.69) is 9.97 Å². The Morgan fingerprint density at radius 1 is 0.667 bits per heavy atom. The first kappa shape index (κ1) is 13.9. The topological polar surface area (TPSA) is 25.8 Å². The van der Waals surface area contributed by atoms with Crippen LogP contribution in [0.3, 0.4) is 0 Å². The van der Waals surface area contributed by atoms with Crippen LogP contribution < -0.4 is 0 Å². The van der Waals surface area contributed by atoms with Crippen LogP contribution in [0.4, 0.5) is 0 Å². The lowest BCUT2D eigenvalue weighted by atomic mass is 10.1. The highest BCUT2D eigenvalue weighted by Gasteiger charge is 2.06. The summed E-state index contributed by atoms with van der Waals surface area (Å²) < 4.78 is 0. The van der Waals surface area contributed by atoms with Crippen LogP contribution in [-0.2, 0) is 12.8 Å². The number of halogens is 4. The molecule has 0 amide bonds. The van der Waals surface area contributed by atoms with Crippen LogP contribution in [0.2, 0.25) is 20.6 Å². The van der Waals surface area contributed by atoms with Crippen LogP contribution >= 0.6 is 46.4 Å². The summed E-state index contributed by atoms with van der Waals surface area (Å²) in [5.74, 6) is 0. The quantitative estimate of drug-likeness (QED) is 0.753. The van der Waals surface area contributed by atoms with Gasteiger partial charge in [0.15, 0.2) is 0 Å². The molecule has 0 unspecified atom stereocenters. The van der Waals surface area contributed by atoms with E-state index < -0.39 is 0 Å². The first-order chi connectivity index (χ1) is 8.56. The van der Waals surface area contributed by atoms with Gasteiger partial charge in [-0.15, -0.1) is 0 Å². The average molecular weight is 322 g/mol. The van der Waals surface area contributed by atoms with E-state index in [9.17, 15) is 0 Å². The predicted octanol–water partition coefficient (Wildman–Crippen LogP) is 4.88. The second-order valence-electron chi connectivity index (χ2n) is 3.67. The number of pyridine rings is 2. The monoisotopic (exact) mass is 320 g/mol. The molecule has 94 valence electrons. The third-order valence-corrected chi connectivity index (χ3v) is 3.52. The number of rotatable bonds is 3. The van der Waals surface area contributed by atoms with Crippen LogP contribution in [0, 0.1) is 0 Å². The number of hydrogen-bond donors (Lipinski definition) is 0. The molecule has 0 aromatic carbocycles. The summed E-state index contributed by atoms with van der Waals surface area (Å²) in [6.45, 7) is 0. The summed E-state index contributed by atoms with van der Waals surface area (Å²) in [4.78, 5) is 7.97. The van der Waals surface area contributed by atoms with Crippen molar-refractivity contribution in [1.29, 1.82) is 0 Å². The zero-order valence-corrected chi connectivity index (χ0v) is 12.2. The fourth-order valence-electron chi connectivity index (χ4n) is 1.52. The Morgan fingerprint density at radius 3 is 1.39 bits per heavy atom. The molecule has 18 heavy (non-hydrogen) atoms. The van der Waals surface area contributed by atoms with Gasteiger partial charge in [0, 0.05) is 0 Å². The van der Waals surface area contributed by atoms with Gasteiger partial charge in [-0.3, -0.25) is 0 Å². The molecule has 0 bridgehead atoms. The van der Waals surface area contributed by atoms with Crippen molar-refractivity contribution in [2.24, 2.45) is 0 Å². The summed E-state index contributed by atoms with van der Waals surface area (Å²) in [5.41, 5.74) is 1.85. The van der Waals surface area contributed by atoms with E-state index in [4.69, 9.17) is 46.4 Å². The third-order valence-electron chi connectivity index (χ3n) is 2.45. The maximum absolute atomic E-state index is 6.00. The summed E-state index contributed by atoms with van der Waals surface area (Å²) >= 11 is 23.5.